The highest BCUT2D eigenvalue weighted by molar-refractivity contribution is 5.85. The number of aryl methyl sites for hydroxylation is 1. The predicted molar refractivity (Wildman–Crippen MR) is 96.9 cm³/mol. The molecule has 0 saturated heterocycles. The van der Waals surface area contributed by atoms with Crippen LogP contribution in [0.2, 0.25) is 0 Å². The highest BCUT2D eigenvalue weighted by Gasteiger charge is 2.24. The van der Waals surface area contributed by atoms with Gasteiger partial charge in [-0.25, -0.2) is 9.48 Å². The molecule has 8 heteroatoms. The van der Waals surface area contributed by atoms with Crippen LogP contribution in [0.25, 0.3) is 0 Å². The van der Waals surface area contributed by atoms with Crippen LogP contribution >= 0.6 is 0 Å². The van der Waals surface area contributed by atoms with Gasteiger partial charge in [-0.1, -0.05) is 29.8 Å². The van der Waals surface area contributed by atoms with Crippen molar-refractivity contribution in [3.05, 3.63) is 58.0 Å². The van der Waals surface area contributed by atoms with Crippen molar-refractivity contribution in [3.8, 4) is 0 Å². The molecule has 26 heavy (non-hydrogen) atoms. The lowest BCUT2D eigenvalue weighted by Crippen LogP contribution is -2.39. The van der Waals surface area contributed by atoms with Crippen molar-refractivity contribution in [2.75, 3.05) is 26.1 Å². The first-order valence-corrected chi connectivity index (χ1v) is 8.00. The molecule has 8 nitrogen and oxygen atoms in total. The number of hydrogen-bond donors (Lipinski definition) is 1. The zero-order valence-electron chi connectivity index (χ0n) is 15.2. The van der Waals surface area contributed by atoms with Crippen LogP contribution in [0.15, 0.2) is 41.3 Å². The van der Waals surface area contributed by atoms with Crippen molar-refractivity contribution in [2.24, 2.45) is 0 Å². The molecule has 2 rings (SSSR count). The van der Waals surface area contributed by atoms with Crippen LogP contribution in [0.4, 0.5) is 5.69 Å². The maximum atomic E-state index is 12.3. The van der Waals surface area contributed by atoms with Crippen molar-refractivity contribution < 1.29 is 14.3 Å². The Balaban J connectivity index is 2.17. The number of benzene rings is 1. The lowest BCUT2D eigenvalue weighted by molar-refractivity contribution is -0.145. The van der Waals surface area contributed by atoms with E-state index < -0.39 is 23.5 Å². The molecule has 1 N–H and O–H groups in total. The van der Waals surface area contributed by atoms with Gasteiger partial charge >= 0.3 is 5.97 Å². The molecule has 0 radical (unpaired) electrons. The summed E-state index contributed by atoms with van der Waals surface area (Å²) in [5.41, 5.74) is 1.78. The first-order valence-electron chi connectivity index (χ1n) is 8.00. The van der Waals surface area contributed by atoms with Crippen LogP contribution in [-0.2, 0) is 20.9 Å². The van der Waals surface area contributed by atoms with Gasteiger partial charge < -0.3 is 15.0 Å². The summed E-state index contributed by atoms with van der Waals surface area (Å²) >= 11 is 0. The minimum Gasteiger partial charge on any atom is -0.467 e. The first-order chi connectivity index (χ1) is 12.3. The molecule has 0 saturated carbocycles. The van der Waals surface area contributed by atoms with E-state index in [1.807, 2.05) is 13.0 Å². The molecule has 1 aromatic carbocycles. The fraction of sp³-hybridized carbons (Fsp3) is 0.333. The fourth-order valence-electron chi connectivity index (χ4n) is 2.38. The number of carbonyl (C=O) groups is 2. The molecule has 0 aliphatic heterocycles. The number of carbonyl (C=O) groups excluding carboxylic acids is 2. The molecule has 1 aromatic heterocycles. The Bertz CT molecular complexity index is 860. The van der Waals surface area contributed by atoms with Crippen LogP contribution < -0.4 is 15.8 Å². The Hall–Kier alpha value is -3.16. The van der Waals surface area contributed by atoms with Gasteiger partial charge in [0.25, 0.3) is 5.56 Å². The van der Waals surface area contributed by atoms with Crippen molar-refractivity contribution in [1.82, 2.24) is 15.1 Å². The minimum atomic E-state index is -0.954. The average molecular weight is 358 g/mol. The van der Waals surface area contributed by atoms with Crippen LogP contribution in [0.5, 0.6) is 0 Å². The smallest absolute Gasteiger partial charge is 0.333 e. The molecule has 0 fully saturated rings. The highest BCUT2D eigenvalue weighted by Crippen LogP contribution is 2.16. The Kier molecular flexibility index (Phi) is 6.11. The summed E-state index contributed by atoms with van der Waals surface area (Å²) in [6.45, 7) is 1.58. The van der Waals surface area contributed by atoms with Gasteiger partial charge in [0.15, 0.2) is 6.04 Å². The molecule has 1 atom stereocenters. The summed E-state index contributed by atoms with van der Waals surface area (Å²) in [6, 6.07) is 7.63. The third-order valence-corrected chi connectivity index (χ3v) is 3.78. The van der Waals surface area contributed by atoms with Gasteiger partial charge in [-0.05, 0) is 12.5 Å². The number of methoxy groups -OCH3 is 1. The zero-order valence-corrected chi connectivity index (χ0v) is 15.2. The molecule has 1 heterocycles. The van der Waals surface area contributed by atoms with Gasteiger partial charge in [0.2, 0.25) is 5.91 Å². The summed E-state index contributed by atoms with van der Waals surface area (Å²) in [5, 5.41) is 6.58. The number of nitrogens with one attached hydrogen (secondary N) is 1. The van der Waals surface area contributed by atoms with E-state index in [4.69, 9.17) is 4.74 Å². The number of ether oxygens (including phenoxy) is 1. The third-order valence-electron chi connectivity index (χ3n) is 3.78. The minimum absolute atomic E-state index is 0.300. The topological polar surface area (TPSA) is 93.5 Å². The highest BCUT2D eigenvalue weighted by atomic mass is 16.5. The van der Waals surface area contributed by atoms with Crippen molar-refractivity contribution in [3.63, 3.8) is 0 Å². The van der Waals surface area contributed by atoms with Crippen molar-refractivity contribution >= 4 is 17.6 Å². The quantitative estimate of drug-likeness (QED) is 0.762. The molecule has 1 amide bonds. The summed E-state index contributed by atoms with van der Waals surface area (Å²) in [5.74, 6) is -1.11. The van der Waals surface area contributed by atoms with E-state index >= 15 is 0 Å². The second-order valence-corrected chi connectivity index (χ2v) is 6.04. The molecular formula is C18H22N4O4. The second kappa shape index (κ2) is 8.28. The number of amides is 1. The molecule has 0 aliphatic carbocycles. The summed E-state index contributed by atoms with van der Waals surface area (Å²) in [4.78, 5) is 38.2. The van der Waals surface area contributed by atoms with Gasteiger partial charge in [0, 0.05) is 20.2 Å². The second-order valence-electron chi connectivity index (χ2n) is 6.04. The number of anilines is 1. The maximum Gasteiger partial charge on any atom is 0.333 e. The number of nitrogens with zero attached hydrogens (tertiary/aromatic N) is 3. The predicted octanol–water partition coefficient (Wildman–Crippen LogP) is 0.648. The summed E-state index contributed by atoms with van der Waals surface area (Å²) in [7, 11) is 4.83. The average Bonchev–Trinajstić information content (AvgIpc) is 2.60. The van der Waals surface area contributed by atoms with Crippen LogP contribution in [-0.4, -0.2) is 42.9 Å². The third kappa shape index (κ3) is 4.69. The molecule has 0 bridgehead atoms. The number of hydrogen-bond acceptors (Lipinski definition) is 6. The van der Waals surface area contributed by atoms with Crippen LogP contribution in [0.3, 0.4) is 0 Å². The Morgan fingerprint density at radius 2 is 2.04 bits per heavy atom. The number of aromatic nitrogens is 2. The van der Waals surface area contributed by atoms with Gasteiger partial charge in [-0.3, -0.25) is 9.59 Å². The Morgan fingerprint density at radius 3 is 2.62 bits per heavy atom. The normalized spacial score (nSPS) is 11.5. The van der Waals surface area contributed by atoms with E-state index in [-0.39, 0.29) is 6.54 Å². The molecule has 0 aliphatic rings. The van der Waals surface area contributed by atoms with E-state index in [9.17, 15) is 14.4 Å². The van der Waals surface area contributed by atoms with E-state index in [0.717, 1.165) is 10.2 Å². The van der Waals surface area contributed by atoms with Crippen LogP contribution in [0, 0.1) is 6.92 Å². The number of rotatable bonds is 6. The summed E-state index contributed by atoms with van der Waals surface area (Å²) in [6.07, 6.45) is 1.49. The van der Waals surface area contributed by atoms with Gasteiger partial charge in [0.05, 0.1) is 19.0 Å². The monoisotopic (exact) mass is 358 g/mol. The van der Waals surface area contributed by atoms with E-state index in [0.29, 0.717) is 11.3 Å². The maximum absolute atomic E-state index is 12.3. The van der Waals surface area contributed by atoms with Crippen LogP contribution in [0.1, 0.15) is 17.2 Å². The van der Waals surface area contributed by atoms with Gasteiger partial charge in [-0.15, -0.1) is 0 Å². The molecule has 0 spiro atoms. The van der Waals surface area contributed by atoms with E-state index in [1.165, 1.54) is 19.4 Å². The lowest BCUT2D eigenvalue weighted by Gasteiger charge is -2.18. The zero-order chi connectivity index (χ0) is 19.3. The summed E-state index contributed by atoms with van der Waals surface area (Å²) < 4.78 is 5.81. The Labute approximate surface area is 151 Å². The lowest BCUT2D eigenvalue weighted by atomic mass is 10.0. The molecule has 138 valence electrons. The molecular weight excluding hydrogens is 336 g/mol. The molecule has 0 unspecified atom stereocenters. The van der Waals surface area contributed by atoms with Gasteiger partial charge in [-0.2, -0.15) is 5.10 Å². The first kappa shape index (κ1) is 19.2. The van der Waals surface area contributed by atoms with Gasteiger partial charge in [0.1, 0.15) is 6.54 Å². The Morgan fingerprint density at radius 1 is 1.31 bits per heavy atom. The molecule has 2 aromatic rings. The largest absolute Gasteiger partial charge is 0.467 e. The fourth-order valence-corrected chi connectivity index (χ4v) is 2.38. The van der Waals surface area contributed by atoms with Crippen molar-refractivity contribution in [2.45, 2.75) is 19.5 Å². The standard InChI is InChI=1S/C18H22N4O4/c1-12-6-5-7-13(8-12)17(18(25)26-4)20-15(23)11-22-16(24)9-14(10-19-22)21(2)3/h5-10,17H,11H2,1-4H3,(H,20,23)/t17-/m1/s1. The number of esters is 1. The van der Waals surface area contributed by atoms with E-state index in [2.05, 4.69) is 10.4 Å². The van der Waals surface area contributed by atoms with Crippen molar-refractivity contribution in [1.29, 1.82) is 0 Å². The van der Waals surface area contributed by atoms with E-state index in [1.54, 1.807) is 37.2 Å². The SMILES string of the molecule is COC(=O)[C@H](NC(=O)Cn1ncc(N(C)C)cc1=O)c1cccc(C)c1.